The van der Waals surface area contributed by atoms with E-state index in [4.69, 9.17) is 6.42 Å². The first kappa shape index (κ1) is 10.2. The van der Waals surface area contributed by atoms with Crippen LogP contribution in [0.15, 0.2) is 0 Å². The van der Waals surface area contributed by atoms with Crippen LogP contribution in [0.5, 0.6) is 0 Å². The van der Waals surface area contributed by atoms with Crippen LogP contribution >= 0.6 is 0 Å². The van der Waals surface area contributed by atoms with Gasteiger partial charge in [-0.1, -0.05) is 20.8 Å². The number of carbonyl (C=O) groups excluding carboxylic acids is 1. The van der Waals surface area contributed by atoms with Crippen molar-refractivity contribution in [1.82, 2.24) is 0 Å². The Bertz CT molecular complexity index is 172. The van der Waals surface area contributed by atoms with E-state index in [9.17, 15) is 4.79 Å². The molecule has 0 amide bonds. The van der Waals surface area contributed by atoms with Crippen LogP contribution in [0.4, 0.5) is 0 Å². The molecule has 0 spiro atoms. The molecule has 0 bridgehead atoms. The minimum absolute atomic E-state index is 0.184. The standard InChI is InChI=1S/C10H16O/c1-5-7-8-9(11)10(3,4)6-2/h1H,6-8H2,2-4H3. The number of ketones is 1. The summed E-state index contributed by atoms with van der Waals surface area (Å²) in [6.07, 6.45) is 7.04. The maximum atomic E-state index is 11.4. The molecule has 0 aromatic heterocycles. The Morgan fingerprint density at radius 2 is 2.09 bits per heavy atom. The average molecular weight is 152 g/mol. The van der Waals surface area contributed by atoms with Crippen molar-refractivity contribution >= 4 is 5.78 Å². The summed E-state index contributed by atoms with van der Waals surface area (Å²) in [6, 6.07) is 0. The zero-order valence-corrected chi connectivity index (χ0v) is 7.61. The summed E-state index contributed by atoms with van der Waals surface area (Å²) in [7, 11) is 0. The van der Waals surface area contributed by atoms with E-state index in [-0.39, 0.29) is 11.2 Å². The number of carbonyl (C=O) groups is 1. The molecule has 0 heterocycles. The van der Waals surface area contributed by atoms with Crippen molar-refractivity contribution in [3.63, 3.8) is 0 Å². The van der Waals surface area contributed by atoms with Crippen LogP contribution in [0.3, 0.4) is 0 Å². The van der Waals surface area contributed by atoms with Crippen molar-refractivity contribution < 1.29 is 4.79 Å². The molecule has 0 aliphatic heterocycles. The van der Waals surface area contributed by atoms with Gasteiger partial charge in [-0.15, -0.1) is 12.3 Å². The van der Waals surface area contributed by atoms with Crippen molar-refractivity contribution in [2.24, 2.45) is 5.41 Å². The second-order valence-electron chi connectivity index (χ2n) is 3.36. The maximum Gasteiger partial charge on any atom is 0.139 e. The fourth-order valence-electron chi connectivity index (χ4n) is 0.721. The molecule has 1 heteroatoms. The fourth-order valence-corrected chi connectivity index (χ4v) is 0.721. The summed E-state index contributed by atoms with van der Waals surface area (Å²) >= 11 is 0. The van der Waals surface area contributed by atoms with Gasteiger partial charge in [0.25, 0.3) is 0 Å². The number of hydrogen-bond donors (Lipinski definition) is 0. The Morgan fingerprint density at radius 3 is 2.45 bits per heavy atom. The van der Waals surface area contributed by atoms with E-state index in [1.54, 1.807) is 0 Å². The van der Waals surface area contributed by atoms with Crippen LogP contribution in [0, 0.1) is 17.8 Å². The molecular formula is C10H16O. The van der Waals surface area contributed by atoms with Gasteiger partial charge >= 0.3 is 0 Å². The van der Waals surface area contributed by atoms with Crippen LogP contribution in [-0.2, 0) is 4.79 Å². The lowest BCUT2D eigenvalue weighted by atomic mass is 9.83. The van der Waals surface area contributed by atoms with Crippen molar-refractivity contribution in [3.8, 4) is 12.3 Å². The van der Waals surface area contributed by atoms with Crippen LogP contribution < -0.4 is 0 Å². The van der Waals surface area contributed by atoms with Gasteiger partial charge in [-0.25, -0.2) is 0 Å². The maximum absolute atomic E-state index is 11.4. The first-order valence-electron chi connectivity index (χ1n) is 4.01. The first-order valence-corrected chi connectivity index (χ1v) is 4.01. The van der Waals surface area contributed by atoms with Crippen LogP contribution in [0.25, 0.3) is 0 Å². The zero-order chi connectivity index (χ0) is 8.91. The molecule has 0 rings (SSSR count). The lowest BCUT2D eigenvalue weighted by molar-refractivity contribution is -0.127. The normalized spacial score (nSPS) is 10.7. The van der Waals surface area contributed by atoms with Crippen molar-refractivity contribution in [1.29, 1.82) is 0 Å². The van der Waals surface area contributed by atoms with Crippen molar-refractivity contribution in [3.05, 3.63) is 0 Å². The first-order chi connectivity index (χ1) is 5.04. The monoisotopic (exact) mass is 152 g/mol. The molecule has 0 radical (unpaired) electrons. The third-order valence-electron chi connectivity index (χ3n) is 2.14. The highest BCUT2D eigenvalue weighted by atomic mass is 16.1. The van der Waals surface area contributed by atoms with E-state index in [1.165, 1.54) is 0 Å². The molecule has 0 aromatic carbocycles. The van der Waals surface area contributed by atoms with E-state index in [0.29, 0.717) is 12.8 Å². The molecule has 1 nitrogen and oxygen atoms in total. The summed E-state index contributed by atoms with van der Waals surface area (Å²) in [6.45, 7) is 5.95. The van der Waals surface area contributed by atoms with Gasteiger partial charge in [-0.05, 0) is 6.42 Å². The van der Waals surface area contributed by atoms with E-state index < -0.39 is 0 Å². The van der Waals surface area contributed by atoms with Gasteiger partial charge in [-0.2, -0.15) is 0 Å². The third-order valence-corrected chi connectivity index (χ3v) is 2.14. The van der Waals surface area contributed by atoms with Gasteiger partial charge < -0.3 is 0 Å². The number of rotatable bonds is 4. The smallest absolute Gasteiger partial charge is 0.139 e. The summed E-state index contributed by atoms with van der Waals surface area (Å²) in [5.41, 5.74) is -0.184. The Labute approximate surface area is 69.2 Å². The molecule has 0 atom stereocenters. The Morgan fingerprint density at radius 1 is 1.55 bits per heavy atom. The fraction of sp³-hybridized carbons (Fsp3) is 0.700. The molecule has 11 heavy (non-hydrogen) atoms. The molecule has 62 valence electrons. The average Bonchev–Trinajstić information content (AvgIpc) is 2.00. The topological polar surface area (TPSA) is 17.1 Å². The number of terminal acetylenes is 1. The predicted molar refractivity (Wildman–Crippen MR) is 47.1 cm³/mol. The summed E-state index contributed by atoms with van der Waals surface area (Å²) < 4.78 is 0. The molecule has 0 aliphatic rings. The predicted octanol–water partition coefficient (Wildman–Crippen LogP) is 2.41. The van der Waals surface area contributed by atoms with Crippen molar-refractivity contribution in [2.75, 3.05) is 0 Å². The third kappa shape index (κ3) is 3.23. The SMILES string of the molecule is C#CCCC(=O)C(C)(C)CC. The largest absolute Gasteiger partial charge is 0.299 e. The second-order valence-corrected chi connectivity index (χ2v) is 3.36. The minimum Gasteiger partial charge on any atom is -0.299 e. The quantitative estimate of drug-likeness (QED) is 0.565. The van der Waals surface area contributed by atoms with Gasteiger partial charge in [0, 0.05) is 18.3 Å². The lowest BCUT2D eigenvalue weighted by Crippen LogP contribution is -2.22. The highest BCUT2D eigenvalue weighted by Crippen LogP contribution is 2.22. The number of hydrogen-bond acceptors (Lipinski definition) is 1. The highest BCUT2D eigenvalue weighted by molar-refractivity contribution is 5.84. The molecule has 0 saturated carbocycles. The molecule has 0 unspecified atom stereocenters. The molecule has 0 aliphatic carbocycles. The number of Topliss-reactive ketones (excluding diaryl/α,β-unsaturated/α-hetero) is 1. The second kappa shape index (κ2) is 4.18. The summed E-state index contributed by atoms with van der Waals surface area (Å²) in [4.78, 5) is 11.4. The van der Waals surface area contributed by atoms with Crippen molar-refractivity contribution in [2.45, 2.75) is 40.0 Å². The van der Waals surface area contributed by atoms with E-state index >= 15 is 0 Å². The molecule has 0 aromatic rings. The summed E-state index contributed by atoms with van der Waals surface area (Å²) in [5, 5.41) is 0. The molecule has 0 fully saturated rings. The van der Waals surface area contributed by atoms with Gasteiger partial charge in [0.05, 0.1) is 0 Å². The van der Waals surface area contributed by atoms with E-state index in [0.717, 1.165) is 6.42 Å². The molecule has 0 saturated heterocycles. The van der Waals surface area contributed by atoms with Gasteiger partial charge in [0.15, 0.2) is 0 Å². The molecular weight excluding hydrogens is 136 g/mol. The lowest BCUT2D eigenvalue weighted by Gasteiger charge is -2.19. The van der Waals surface area contributed by atoms with Gasteiger partial charge in [0.1, 0.15) is 5.78 Å². The Hall–Kier alpha value is -0.770. The minimum atomic E-state index is -0.184. The Balaban J connectivity index is 3.94. The molecule has 0 N–H and O–H groups in total. The van der Waals surface area contributed by atoms with Crippen LogP contribution in [0.1, 0.15) is 40.0 Å². The van der Waals surface area contributed by atoms with E-state index in [1.807, 2.05) is 20.8 Å². The van der Waals surface area contributed by atoms with Crippen LogP contribution in [0.2, 0.25) is 0 Å². The van der Waals surface area contributed by atoms with E-state index in [2.05, 4.69) is 5.92 Å². The zero-order valence-electron chi connectivity index (χ0n) is 7.61. The van der Waals surface area contributed by atoms with Crippen LogP contribution in [-0.4, -0.2) is 5.78 Å². The summed E-state index contributed by atoms with van der Waals surface area (Å²) in [5.74, 6) is 2.75. The van der Waals surface area contributed by atoms with Gasteiger partial charge in [-0.3, -0.25) is 4.79 Å². The van der Waals surface area contributed by atoms with Gasteiger partial charge in [0.2, 0.25) is 0 Å². The highest BCUT2D eigenvalue weighted by Gasteiger charge is 2.23. The Kier molecular flexibility index (Phi) is 3.89.